The van der Waals surface area contributed by atoms with Gasteiger partial charge in [-0.3, -0.25) is 4.98 Å². The molecule has 1 aromatic heterocycles. The van der Waals surface area contributed by atoms with Crippen LogP contribution in [-0.4, -0.2) is 4.98 Å². The van der Waals surface area contributed by atoms with Crippen molar-refractivity contribution in [3.8, 4) is 0 Å². The SMILES string of the molecule is Cc1ccc(C)c(Nc2c(N)cncc2Br)c1. The Hall–Kier alpha value is -1.55. The lowest BCUT2D eigenvalue weighted by atomic mass is 10.1. The van der Waals surface area contributed by atoms with Gasteiger partial charge in [0.05, 0.1) is 22.0 Å². The molecule has 3 nitrogen and oxygen atoms in total. The summed E-state index contributed by atoms with van der Waals surface area (Å²) < 4.78 is 0.860. The number of benzene rings is 1. The fourth-order valence-electron chi connectivity index (χ4n) is 1.59. The summed E-state index contributed by atoms with van der Waals surface area (Å²) in [6, 6.07) is 6.27. The third-order valence-electron chi connectivity index (χ3n) is 2.58. The molecule has 0 aliphatic carbocycles. The number of aromatic nitrogens is 1. The van der Waals surface area contributed by atoms with Gasteiger partial charge in [0, 0.05) is 11.9 Å². The average molecular weight is 292 g/mol. The van der Waals surface area contributed by atoms with Crippen molar-refractivity contribution in [3.05, 3.63) is 46.2 Å². The lowest BCUT2D eigenvalue weighted by Gasteiger charge is -2.13. The molecule has 0 radical (unpaired) electrons. The normalized spacial score (nSPS) is 10.3. The number of aryl methyl sites for hydroxylation is 2. The number of anilines is 3. The topological polar surface area (TPSA) is 50.9 Å². The van der Waals surface area contributed by atoms with Crippen LogP contribution in [0.15, 0.2) is 35.1 Å². The molecule has 0 saturated carbocycles. The number of halogens is 1. The van der Waals surface area contributed by atoms with Crippen LogP contribution in [0.25, 0.3) is 0 Å². The van der Waals surface area contributed by atoms with E-state index in [0.29, 0.717) is 5.69 Å². The van der Waals surface area contributed by atoms with E-state index in [1.807, 2.05) is 0 Å². The second-order valence-corrected chi connectivity index (χ2v) is 4.88. The first-order valence-corrected chi connectivity index (χ1v) is 6.10. The monoisotopic (exact) mass is 291 g/mol. The van der Waals surface area contributed by atoms with Crippen LogP contribution in [-0.2, 0) is 0 Å². The van der Waals surface area contributed by atoms with E-state index in [1.54, 1.807) is 12.4 Å². The number of nitrogens with zero attached hydrogens (tertiary/aromatic N) is 1. The fourth-order valence-corrected chi connectivity index (χ4v) is 2.03. The molecule has 0 unspecified atom stereocenters. The highest BCUT2D eigenvalue weighted by molar-refractivity contribution is 9.10. The van der Waals surface area contributed by atoms with E-state index in [9.17, 15) is 0 Å². The summed E-state index contributed by atoms with van der Waals surface area (Å²) >= 11 is 3.44. The predicted octanol–water partition coefficient (Wildman–Crippen LogP) is 3.79. The average Bonchev–Trinajstić information content (AvgIpc) is 2.28. The summed E-state index contributed by atoms with van der Waals surface area (Å²) in [5.41, 5.74) is 10.8. The maximum absolute atomic E-state index is 5.90. The summed E-state index contributed by atoms with van der Waals surface area (Å²) in [5.74, 6) is 0. The number of pyridine rings is 1. The minimum Gasteiger partial charge on any atom is -0.396 e. The van der Waals surface area contributed by atoms with Gasteiger partial charge in [-0.05, 0) is 47.0 Å². The first kappa shape index (κ1) is 11.9. The third kappa shape index (κ3) is 2.58. The molecule has 0 spiro atoms. The molecule has 3 N–H and O–H groups in total. The maximum Gasteiger partial charge on any atom is 0.0794 e. The molecule has 1 aromatic carbocycles. The third-order valence-corrected chi connectivity index (χ3v) is 3.18. The lowest BCUT2D eigenvalue weighted by Crippen LogP contribution is -1.99. The summed E-state index contributed by atoms with van der Waals surface area (Å²) in [5, 5.41) is 3.34. The van der Waals surface area contributed by atoms with Crippen LogP contribution in [0.2, 0.25) is 0 Å². The molecule has 2 rings (SSSR count). The molecule has 0 saturated heterocycles. The molecule has 4 heteroatoms. The maximum atomic E-state index is 5.90. The van der Waals surface area contributed by atoms with Crippen molar-refractivity contribution >= 4 is 33.0 Å². The van der Waals surface area contributed by atoms with Crippen LogP contribution < -0.4 is 11.1 Å². The Bertz CT molecular complexity index is 532. The van der Waals surface area contributed by atoms with Crippen molar-refractivity contribution in [2.45, 2.75) is 13.8 Å². The standard InChI is InChI=1S/C13H14BrN3/c1-8-3-4-9(2)12(5-8)17-13-10(14)6-16-7-11(13)15/h3-7H,15H2,1-2H3,(H,16,17). The van der Waals surface area contributed by atoms with E-state index in [0.717, 1.165) is 15.8 Å². The smallest absolute Gasteiger partial charge is 0.0794 e. The van der Waals surface area contributed by atoms with E-state index < -0.39 is 0 Å². The van der Waals surface area contributed by atoms with Crippen molar-refractivity contribution in [2.24, 2.45) is 0 Å². The first-order valence-electron chi connectivity index (χ1n) is 5.31. The highest BCUT2D eigenvalue weighted by Crippen LogP contribution is 2.31. The van der Waals surface area contributed by atoms with Crippen molar-refractivity contribution in [3.63, 3.8) is 0 Å². The van der Waals surface area contributed by atoms with Crippen molar-refractivity contribution in [1.82, 2.24) is 4.98 Å². The van der Waals surface area contributed by atoms with E-state index in [4.69, 9.17) is 5.73 Å². The largest absolute Gasteiger partial charge is 0.396 e. The van der Waals surface area contributed by atoms with Crippen molar-refractivity contribution in [1.29, 1.82) is 0 Å². The molecule has 1 heterocycles. The predicted molar refractivity (Wildman–Crippen MR) is 75.5 cm³/mol. The summed E-state index contributed by atoms with van der Waals surface area (Å²) in [7, 11) is 0. The molecule has 88 valence electrons. The quantitative estimate of drug-likeness (QED) is 0.885. The second kappa shape index (κ2) is 4.75. The zero-order valence-electron chi connectivity index (χ0n) is 9.79. The Kier molecular flexibility index (Phi) is 3.33. The lowest BCUT2D eigenvalue weighted by molar-refractivity contribution is 1.30. The molecule has 0 bridgehead atoms. The summed E-state index contributed by atoms with van der Waals surface area (Å²) in [4.78, 5) is 4.01. The van der Waals surface area contributed by atoms with Gasteiger partial charge in [0.1, 0.15) is 0 Å². The molecular weight excluding hydrogens is 278 g/mol. The Balaban J connectivity index is 2.41. The number of rotatable bonds is 2. The number of nitrogens with two attached hydrogens (primary N) is 1. The minimum absolute atomic E-state index is 0.625. The van der Waals surface area contributed by atoms with Gasteiger partial charge >= 0.3 is 0 Å². The van der Waals surface area contributed by atoms with Gasteiger partial charge in [-0.15, -0.1) is 0 Å². The van der Waals surface area contributed by atoms with Gasteiger partial charge < -0.3 is 11.1 Å². The van der Waals surface area contributed by atoms with E-state index >= 15 is 0 Å². The molecule has 0 atom stereocenters. The Morgan fingerprint density at radius 1 is 1.24 bits per heavy atom. The van der Waals surface area contributed by atoms with E-state index in [2.05, 4.69) is 58.3 Å². The highest BCUT2D eigenvalue weighted by Gasteiger charge is 2.06. The zero-order chi connectivity index (χ0) is 12.4. The molecule has 0 aliphatic heterocycles. The van der Waals surface area contributed by atoms with E-state index in [1.165, 1.54) is 11.1 Å². The van der Waals surface area contributed by atoms with Gasteiger partial charge in [0.25, 0.3) is 0 Å². The van der Waals surface area contributed by atoms with Gasteiger partial charge in [-0.25, -0.2) is 0 Å². The molecule has 0 fully saturated rings. The van der Waals surface area contributed by atoms with Crippen LogP contribution in [0.1, 0.15) is 11.1 Å². The molecular formula is C13H14BrN3. The van der Waals surface area contributed by atoms with Crippen LogP contribution in [0.4, 0.5) is 17.1 Å². The van der Waals surface area contributed by atoms with Crippen LogP contribution in [0, 0.1) is 13.8 Å². The first-order chi connectivity index (χ1) is 8.08. The Morgan fingerprint density at radius 3 is 2.71 bits per heavy atom. The second-order valence-electron chi connectivity index (χ2n) is 4.03. The number of hydrogen-bond acceptors (Lipinski definition) is 3. The van der Waals surface area contributed by atoms with Gasteiger partial charge in [0.15, 0.2) is 0 Å². The van der Waals surface area contributed by atoms with Crippen LogP contribution >= 0.6 is 15.9 Å². The number of hydrogen-bond donors (Lipinski definition) is 2. The fraction of sp³-hybridized carbons (Fsp3) is 0.154. The Morgan fingerprint density at radius 2 is 2.00 bits per heavy atom. The molecule has 0 aliphatic rings. The van der Waals surface area contributed by atoms with Crippen LogP contribution in [0.3, 0.4) is 0 Å². The number of nitrogen functional groups attached to an aromatic ring is 1. The number of nitrogens with one attached hydrogen (secondary N) is 1. The molecule has 0 amide bonds. The highest BCUT2D eigenvalue weighted by atomic mass is 79.9. The molecule has 2 aromatic rings. The van der Waals surface area contributed by atoms with Crippen molar-refractivity contribution < 1.29 is 0 Å². The summed E-state index contributed by atoms with van der Waals surface area (Å²) in [6.45, 7) is 4.13. The zero-order valence-corrected chi connectivity index (χ0v) is 11.4. The summed E-state index contributed by atoms with van der Waals surface area (Å²) in [6.07, 6.45) is 3.36. The van der Waals surface area contributed by atoms with Gasteiger partial charge in [-0.2, -0.15) is 0 Å². The van der Waals surface area contributed by atoms with Gasteiger partial charge in [0.2, 0.25) is 0 Å². The van der Waals surface area contributed by atoms with E-state index in [-0.39, 0.29) is 0 Å². The molecule has 17 heavy (non-hydrogen) atoms. The Labute approximate surface area is 109 Å². The van der Waals surface area contributed by atoms with Gasteiger partial charge in [-0.1, -0.05) is 12.1 Å². The minimum atomic E-state index is 0.625. The van der Waals surface area contributed by atoms with Crippen molar-refractivity contribution in [2.75, 3.05) is 11.1 Å². The van der Waals surface area contributed by atoms with Crippen LogP contribution in [0.5, 0.6) is 0 Å².